The van der Waals surface area contributed by atoms with E-state index in [2.05, 4.69) is 13.0 Å². The molecule has 0 bridgehead atoms. The van der Waals surface area contributed by atoms with E-state index in [1.54, 1.807) is 13.0 Å². The molecule has 0 amide bonds. The number of aliphatic hydroxyl groups is 3. The van der Waals surface area contributed by atoms with Gasteiger partial charge in [-0.3, -0.25) is 4.79 Å². The number of fused-ring (bicyclic) bond motifs is 5. The van der Waals surface area contributed by atoms with Crippen molar-refractivity contribution in [3.8, 4) is 0 Å². The van der Waals surface area contributed by atoms with Crippen molar-refractivity contribution in [2.24, 2.45) is 34.5 Å². The van der Waals surface area contributed by atoms with Gasteiger partial charge in [-0.2, -0.15) is 0 Å². The smallest absolute Gasteiger partial charge is 0.164 e. The minimum absolute atomic E-state index is 0.0627. The highest BCUT2D eigenvalue weighted by molar-refractivity contribution is 6.21. The highest BCUT2D eigenvalue weighted by Crippen LogP contribution is 2.66. The minimum atomic E-state index is -1.28. The Labute approximate surface area is 154 Å². The molecule has 0 aromatic heterocycles. The standard InChI is InChI=1S/C20H29ClO4/c1-18-6-5-13(22)17(21)16(18)14(23)8-10-11(18)4-7-19(2)12(10)9-15(24)20(19,3)25/h5-6,10-14,16-17,22-23,25H,4,7-9H2,1-3H3/t10-,11+,12+,13-,14-,16-,17?,18-,19+,20+/m1/s1. The molecule has 0 heterocycles. The summed E-state index contributed by atoms with van der Waals surface area (Å²) >= 11 is 6.51. The Hall–Kier alpha value is -0.420. The van der Waals surface area contributed by atoms with Crippen LogP contribution < -0.4 is 0 Å². The summed E-state index contributed by atoms with van der Waals surface area (Å²) in [6.07, 6.45) is 5.20. The lowest BCUT2D eigenvalue weighted by Crippen LogP contribution is -2.61. The average Bonchev–Trinajstić information content (AvgIpc) is 2.71. The fourth-order valence-electron chi connectivity index (χ4n) is 6.91. The van der Waals surface area contributed by atoms with Crippen LogP contribution in [0.1, 0.15) is 46.5 Å². The summed E-state index contributed by atoms with van der Waals surface area (Å²) < 4.78 is 0. The Morgan fingerprint density at radius 2 is 1.88 bits per heavy atom. The van der Waals surface area contributed by atoms with Crippen LogP contribution in [0, 0.1) is 34.5 Å². The second-order valence-corrected chi connectivity index (χ2v) is 10.0. The molecular formula is C20H29ClO4. The molecule has 1 unspecified atom stereocenters. The van der Waals surface area contributed by atoms with Gasteiger partial charge >= 0.3 is 0 Å². The van der Waals surface area contributed by atoms with Gasteiger partial charge in [0, 0.05) is 17.8 Å². The summed E-state index contributed by atoms with van der Waals surface area (Å²) in [6.45, 7) is 5.86. The van der Waals surface area contributed by atoms with Gasteiger partial charge in [-0.25, -0.2) is 0 Å². The Bertz CT molecular complexity index is 631. The van der Waals surface area contributed by atoms with Crippen molar-refractivity contribution in [1.82, 2.24) is 0 Å². The van der Waals surface area contributed by atoms with E-state index < -0.39 is 28.6 Å². The third-order valence-electron chi connectivity index (χ3n) is 8.65. The summed E-state index contributed by atoms with van der Waals surface area (Å²) in [5, 5.41) is 31.4. The van der Waals surface area contributed by atoms with Crippen molar-refractivity contribution < 1.29 is 20.1 Å². The molecule has 0 spiro atoms. The zero-order valence-electron chi connectivity index (χ0n) is 15.2. The molecule has 4 aliphatic rings. The SMILES string of the molecule is C[C@]12C=C[C@@H](O)C(Cl)[C@H]1[C@H](O)C[C@@H]1[C@@H]2CC[C@@]2(C)[C@H]1CC(=O)[C@]2(C)O. The zero-order valence-corrected chi connectivity index (χ0v) is 15.9. The molecular weight excluding hydrogens is 340 g/mol. The first-order valence-corrected chi connectivity index (χ1v) is 9.93. The molecule has 4 nitrogen and oxygen atoms in total. The molecule has 3 fully saturated rings. The van der Waals surface area contributed by atoms with Crippen LogP contribution in [0.25, 0.3) is 0 Å². The number of rotatable bonds is 0. The molecule has 3 saturated carbocycles. The van der Waals surface area contributed by atoms with Gasteiger partial charge in [-0.1, -0.05) is 26.0 Å². The average molecular weight is 369 g/mol. The Morgan fingerprint density at radius 3 is 2.56 bits per heavy atom. The van der Waals surface area contributed by atoms with Crippen LogP contribution in [0.15, 0.2) is 12.2 Å². The highest BCUT2D eigenvalue weighted by atomic mass is 35.5. The molecule has 5 heteroatoms. The van der Waals surface area contributed by atoms with Gasteiger partial charge in [0.05, 0.1) is 17.6 Å². The van der Waals surface area contributed by atoms with Gasteiger partial charge in [0.25, 0.3) is 0 Å². The molecule has 0 radical (unpaired) electrons. The molecule has 0 aromatic rings. The van der Waals surface area contributed by atoms with Crippen LogP contribution in [-0.2, 0) is 4.79 Å². The maximum absolute atomic E-state index is 12.5. The van der Waals surface area contributed by atoms with Gasteiger partial charge in [-0.05, 0) is 49.4 Å². The monoisotopic (exact) mass is 368 g/mol. The van der Waals surface area contributed by atoms with Crippen molar-refractivity contribution in [1.29, 1.82) is 0 Å². The molecule has 0 saturated heterocycles. The zero-order chi connectivity index (χ0) is 18.4. The van der Waals surface area contributed by atoms with Crippen molar-refractivity contribution >= 4 is 17.4 Å². The number of allylic oxidation sites excluding steroid dienone is 1. The number of Topliss-reactive ketones (excluding diaryl/α,β-unsaturated/α-hetero) is 1. The van der Waals surface area contributed by atoms with Crippen LogP contribution in [0.5, 0.6) is 0 Å². The van der Waals surface area contributed by atoms with Crippen LogP contribution in [0.3, 0.4) is 0 Å². The van der Waals surface area contributed by atoms with E-state index in [9.17, 15) is 20.1 Å². The largest absolute Gasteiger partial charge is 0.393 e. The molecule has 3 N–H and O–H groups in total. The van der Waals surface area contributed by atoms with E-state index in [4.69, 9.17) is 11.6 Å². The Balaban J connectivity index is 1.75. The first kappa shape index (κ1) is 18.0. The Kier molecular flexibility index (Phi) is 3.82. The summed E-state index contributed by atoms with van der Waals surface area (Å²) in [4.78, 5) is 12.5. The second kappa shape index (κ2) is 5.31. The summed E-state index contributed by atoms with van der Waals surface area (Å²) in [6, 6.07) is 0. The first-order valence-electron chi connectivity index (χ1n) is 9.49. The second-order valence-electron chi connectivity index (χ2n) is 9.52. The summed E-state index contributed by atoms with van der Waals surface area (Å²) in [7, 11) is 0. The van der Waals surface area contributed by atoms with Crippen LogP contribution in [0.2, 0.25) is 0 Å². The van der Waals surface area contributed by atoms with Crippen molar-refractivity contribution in [2.75, 3.05) is 0 Å². The summed E-state index contributed by atoms with van der Waals surface area (Å²) in [5.41, 5.74) is -1.99. The number of aliphatic hydroxyl groups excluding tert-OH is 2. The number of alkyl halides is 1. The third-order valence-corrected chi connectivity index (χ3v) is 9.18. The maximum atomic E-state index is 12.5. The lowest BCUT2D eigenvalue weighted by Gasteiger charge is -2.61. The molecule has 140 valence electrons. The molecule has 4 aliphatic carbocycles. The fourth-order valence-corrected chi connectivity index (χ4v) is 7.43. The molecule has 4 rings (SSSR count). The van der Waals surface area contributed by atoms with Gasteiger partial charge in [0.15, 0.2) is 5.78 Å². The topological polar surface area (TPSA) is 77.8 Å². The molecule has 0 aromatic carbocycles. The number of hydrogen-bond acceptors (Lipinski definition) is 4. The van der Waals surface area contributed by atoms with Gasteiger partial charge in [-0.15, -0.1) is 11.6 Å². The van der Waals surface area contributed by atoms with E-state index in [1.165, 1.54) is 0 Å². The summed E-state index contributed by atoms with van der Waals surface area (Å²) in [5.74, 6) is 0.349. The quantitative estimate of drug-likeness (QED) is 0.453. The van der Waals surface area contributed by atoms with E-state index >= 15 is 0 Å². The predicted octanol–water partition coefficient (Wildman–Crippen LogP) is 2.28. The Morgan fingerprint density at radius 1 is 1.20 bits per heavy atom. The minimum Gasteiger partial charge on any atom is -0.393 e. The predicted molar refractivity (Wildman–Crippen MR) is 95.1 cm³/mol. The number of halogens is 1. The highest BCUT2D eigenvalue weighted by Gasteiger charge is 2.67. The number of ketones is 1. The van der Waals surface area contributed by atoms with E-state index in [0.29, 0.717) is 18.8 Å². The van der Waals surface area contributed by atoms with Crippen LogP contribution in [-0.4, -0.2) is 44.3 Å². The van der Waals surface area contributed by atoms with Crippen molar-refractivity contribution in [3.63, 3.8) is 0 Å². The lowest BCUT2D eigenvalue weighted by atomic mass is 9.45. The molecule has 0 aliphatic heterocycles. The molecule has 10 atom stereocenters. The van der Waals surface area contributed by atoms with Crippen LogP contribution in [0.4, 0.5) is 0 Å². The number of carbonyl (C=O) groups excluding carboxylic acids is 1. The third kappa shape index (κ3) is 2.08. The van der Waals surface area contributed by atoms with E-state index in [-0.39, 0.29) is 29.0 Å². The lowest BCUT2D eigenvalue weighted by molar-refractivity contribution is -0.163. The van der Waals surface area contributed by atoms with Gasteiger partial charge in [0.1, 0.15) is 5.60 Å². The molecule has 25 heavy (non-hydrogen) atoms. The first-order chi connectivity index (χ1) is 11.5. The van der Waals surface area contributed by atoms with Gasteiger partial charge < -0.3 is 15.3 Å². The van der Waals surface area contributed by atoms with Gasteiger partial charge in [0.2, 0.25) is 0 Å². The van der Waals surface area contributed by atoms with Crippen molar-refractivity contribution in [2.45, 2.75) is 69.6 Å². The number of carbonyl (C=O) groups is 1. The van der Waals surface area contributed by atoms with E-state index in [1.807, 2.05) is 6.92 Å². The van der Waals surface area contributed by atoms with Crippen molar-refractivity contribution in [3.05, 3.63) is 12.2 Å². The number of hydrogen-bond donors (Lipinski definition) is 3. The van der Waals surface area contributed by atoms with E-state index in [0.717, 1.165) is 12.8 Å². The maximum Gasteiger partial charge on any atom is 0.164 e. The fraction of sp³-hybridized carbons (Fsp3) is 0.850. The van der Waals surface area contributed by atoms with Crippen LogP contribution >= 0.6 is 11.6 Å². The normalized spacial score (nSPS) is 60.8.